The molecule has 2 nitrogen and oxygen atoms in total. The fourth-order valence-corrected chi connectivity index (χ4v) is 2.09. The lowest BCUT2D eigenvalue weighted by Gasteiger charge is -2.20. The van der Waals surface area contributed by atoms with E-state index < -0.39 is 0 Å². The summed E-state index contributed by atoms with van der Waals surface area (Å²) in [6.45, 7) is 3.62. The highest BCUT2D eigenvalue weighted by molar-refractivity contribution is 6.17. The number of hydrogen-bond donors (Lipinski definition) is 0. The number of rotatable bonds is 8. The van der Waals surface area contributed by atoms with Crippen LogP contribution in [-0.2, 0) is 11.2 Å². The summed E-state index contributed by atoms with van der Waals surface area (Å²) in [5, 5.41) is 0. The summed E-state index contributed by atoms with van der Waals surface area (Å²) in [5.41, 5.74) is 1.28. The van der Waals surface area contributed by atoms with Gasteiger partial charge in [0, 0.05) is 25.4 Å². The molecule has 0 fully saturated rings. The van der Waals surface area contributed by atoms with Crippen LogP contribution in [0.1, 0.15) is 31.7 Å². The van der Waals surface area contributed by atoms with Crippen LogP contribution in [0.5, 0.6) is 0 Å². The van der Waals surface area contributed by atoms with Gasteiger partial charge >= 0.3 is 0 Å². The number of carbonyl (C=O) groups excluding carboxylic acids is 1. The molecule has 0 aliphatic carbocycles. The third kappa shape index (κ3) is 5.54. The molecule has 1 rings (SSSR count). The van der Waals surface area contributed by atoms with Gasteiger partial charge in [-0.05, 0) is 31.7 Å². The Labute approximate surface area is 115 Å². The van der Waals surface area contributed by atoms with Gasteiger partial charge in [-0.15, -0.1) is 11.6 Å². The van der Waals surface area contributed by atoms with Crippen molar-refractivity contribution in [3.8, 4) is 0 Å². The molecule has 100 valence electrons. The molecule has 1 aromatic carbocycles. The van der Waals surface area contributed by atoms with Crippen molar-refractivity contribution in [2.24, 2.45) is 0 Å². The van der Waals surface area contributed by atoms with Gasteiger partial charge in [-0.3, -0.25) is 4.79 Å². The van der Waals surface area contributed by atoms with Crippen molar-refractivity contribution in [3.05, 3.63) is 35.9 Å². The van der Waals surface area contributed by atoms with E-state index in [2.05, 4.69) is 12.1 Å². The van der Waals surface area contributed by atoms with Gasteiger partial charge in [-0.1, -0.05) is 30.3 Å². The van der Waals surface area contributed by atoms with Crippen LogP contribution >= 0.6 is 11.6 Å². The van der Waals surface area contributed by atoms with Gasteiger partial charge in [0.2, 0.25) is 5.91 Å². The molecule has 0 aromatic heterocycles. The normalized spacial score (nSPS) is 10.3. The minimum atomic E-state index is 0.249. The Morgan fingerprint density at radius 2 is 1.94 bits per heavy atom. The molecule has 0 atom stereocenters. The predicted octanol–water partition coefficient (Wildman–Crippen LogP) is 3.49. The Morgan fingerprint density at radius 3 is 2.56 bits per heavy atom. The van der Waals surface area contributed by atoms with E-state index in [0.717, 1.165) is 32.4 Å². The third-order valence-electron chi connectivity index (χ3n) is 3.02. The van der Waals surface area contributed by atoms with Crippen molar-refractivity contribution >= 4 is 17.5 Å². The standard InChI is InChI=1S/C15H22ClNO/c1-2-17(15(18)10-6-7-12-16)13-11-14-8-4-3-5-9-14/h3-5,8-9H,2,6-7,10-13H2,1H3. The number of nitrogens with zero attached hydrogens (tertiary/aromatic N) is 1. The van der Waals surface area contributed by atoms with Crippen LogP contribution in [0.25, 0.3) is 0 Å². The van der Waals surface area contributed by atoms with E-state index >= 15 is 0 Å². The topological polar surface area (TPSA) is 20.3 Å². The number of benzene rings is 1. The minimum absolute atomic E-state index is 0.249. The lowest BCUT2D eigenvalue weighted by atomic mass is 10.1. The Morgan fingerprint density at radius 1 is 1.22 bits per heavy atom. The Balaban J connectivity index is 2.35. The molecule has 18 heavy (non-hydrogen) atoms. The molecule has 0 saturated heterocycles. The molecule has 0 radical (unpaired) electrons. The fraction of sp³-hybridized carbons (Fsp3) is 0.533. The largest absolute Gasteiger partial charge is 0.343 e. The van der Waals surface area contributed by atoms with Gasteiger partial charge in [0.15, 0.2) is 0 Å². The average molecular weight is 268 g/mol. The molecule has 0 aliphatic heterocycles. The van der Waals surface area contributed by atoms with Crippen LogP contribution in [0.2, 0.25) is 0 Å². The summed E-state index contributed by atoms with van der Waals surface area (Å²) in [6, 6.07) is 10.3. The van der Waals surface area contributed by atoms with Crippen LogP contribution < -0.4 is 0 Å². The van der Waals surface area contributed by atoms with Gasteiger partial charge < -0.3 is 4.90 Å². The second-order valence-corrected chi connectivity index (χ2v) is 4.73. The zero-order valence-corrected chi connectivity index (χ0v) is 11.8. The fourth-order valence-electron chi connectivity index (χ4n) is 1.90. The van der Waals surface area contributed by atoms with Crippen LogP contribution in [0.4, 0.5) is 0 Å². The third-order valence-corrected chi connectivity index (χ3v) is 3.29. The molecular formula is C15H22ClNO. The molecule has 0 bridgehead atoms. The van der Waals surface area contributed by atoms with E-state index in [9.17, 15) is 4.79 Å². The summed E-state index contributed by atoms with van der Waals surface area (Å²) in [6.07, 6.45) is 3.36. The average Bonchev–Trinajstić information content (AvgIpc) is 2.41. The number of amides is 1. The van der Waals surface area contributed by atoms with Gasteiger partial charge in [-0.2, -0.15) is 0 Å². The van der Waals surface area contributed by atoms with Crippen molar-refractivity contribution < 1.29 is 4.79 Å². The Hall–Kier alpha value is -1.02. The summed E-state index contributed by atoms with van der Waals surface area (Å²) in [7, 11) is 0. The molecule has 0 heterocycles. The van der Waals surface area contributed by atoms with Crippen LogP contribution in [0.3, 0.4) is 0 Å². The highest BCUT2D eigenvalue weighted by Crippen LogP contribution is 2.05. The number of halogens is 1. The number of carbonyl (C=O) groups is 1. The van der Waals surface area contributed by atoms with Crippen LogP contribution in [0.15, 0.2) is 30.3 Å². The maximum absolute atomic E-state index is 12.0. The quantitative estimate of drug-likeness (QED) is 0.522. The van der Waals surface area contributed by atoms with Gasteiger partial charge in [0.05, 0.1) is 0 Å². The zero-order chi connectivity index (χ0) is 13.2. The van der Waals surface area contributed by atoms with E-state index in [1.54, 1.807) is 0 Å². The van der Waals surface area contributed by atoms with Crippen molar-refractivity contribution in [2.75, 3.05) is 19.0 Å². The maximum Gasteiger partial charge on any atom is 0.222 e. The SMILES string of the molecule is CCN(CCc1ccccc1)C(=O)CCCCCl. The molecule has 0 aliphatic rings. The minimum Gasteiger partial charge on any atom is -0.343 e. The summed E-state index contributed by atoms with van der Waals surface area (Å²) >= 11 is 5.61. The number of alkyl halides is 1. The van der Waals surface area contributed by atoms with Crippen molar-refractivity contribution in [2.45, 2.75) is 32.6 Å². The molecule has 1 aromatic rings. The first-order chi connectivity index (χ1) is 8.77. The molecular weight excluding hydrogens is 246 g/mol. The first-order valence-corrected chi connectivity index (χ1v) is 7.19. The van der Waals surface area contributed by atoms with Crippen LogP contribution in [-0.4, -0.2) is 29.8 Å². The van der Waals surface area contributed by atoms with E-state index in [1.807, 2.05) is 30.0 Å². The molecule has 0 unspecified atom stereocenters. The highest BCUT2D eigenvalue weighted by atomic mass is 35.5. The number of hydrogen-bond acceptors (Lipinski definition) is 1. The Kier molecular flexibility index (Phi) is 7.51. The maximum atomic E-state index is 12.0. The summed E-state index contributed by atoms with van der Waals surface area (Å²) < 4.78 is 0. The van der Waals surface area contributed by atoms with E-state index in [-0.39, 0.29) is 5.91 Å². The molecule has 3 heteroatoms. The summed E-state index contributed by atoms with van der Waals surface area (Å²) in [5.74, 6) is 0.891. The van der Waals surface area contributed by atoms with Gasteiger partial charge in [0.25, 0.3) is 0 Å². The number of unbranched alkanes of at least 4 members (excludes halogenated alkanes) is 1. The van der Waals surface area contributed by atoms with E-state index in [4.69, 9.17) is 11.6 Å². The van der Waals surface area contributed by atoms with Crippen molar-refractivity contribution in [3.63, 3.8) is 0 Å². The zero-order valence-electron chi connectivity index (χ0n) is 11.1. The number of likely N-dealkylation sites (N-methyl/N-ethyl adjacent to an activating group) is 1. The highest BCUT2D eigenvalue weighted by Gasteiger charge is 2.10. The monoisotopic (exact) mass is 267 g/mol. The first kappa shape index (κ1) is 15.0. The van der Waals surface area contributed by atoms with Crippen molar-refractivity contribution in [1.82, 2.24) is 4.90 Å². The van der Waals surface area contributed by atoms with Crippen LogP contribution in [0, 0.1) is 0 Å². The first-order valence-electron chi connectivity index (χ1n) is 6.65. The van der Waals surface area contributed by atoms with Crippen molar-refractivity contribution in [1.29, 1.82) is 0 Å². The molecule has 0 N–H and O–H groups in total. The van der Waals surface area contributed by atoms with E-state index in [0.29, 0.717) is 12.3 Å². The molecule has 1 amide bonds. The van der Waals surface area contributed by atoms with Gasteiger partial charge in [-0.25, -0.2) is 0 Å². The predicted molar refractivity (Wildman–Crippen MR) is 77.0 cm³/mol. The Bertz CT molecular complexity index is 340. The van der Waals surface area contributed by atoms with Gasteiger partial charge in [0.1, 0.15) is 0 Å². The summed E-state index contributed by atoms with van der Waals surface area (Å²) in [4.78, 5) is 13.9. The molecule has 0 saturated carbocycles. The lowest BCUT2D eigenvalue weighted by molar-refractivity contribution is -0.131. The second-order valence-electron chi connectivity index (χ2n) is 4.36. The second kappa shape index (κ2) is 8.98. The smallest absolute Gasteiger partial charge is 0.222 e. The lowest BCUT2D eigenvalue weighted by Crippen LogP contribution is -2.32. The van der Waals surface area contributed by atoms with E-state index in [1.165, 1.54) is 5.56 Å². The molecule has 0 spiro atoms.